The van der Waals surface area contributed by atoms with E-state index in [4.69, 9.17) is 0 Å². The molecular formula is C16H22N4OS. The Labute approximate surface area is 136 Å². The van der Waals surface area contributed by atoms with Gasteiger partial charge in [-0.1, -0.05) is 6.58 Å². The van der Waals surface area contributed by atoms with Crippen molar-refractivity contribution in [1.82, 2.24) is 10.3 Å². The van der Waals surface area contributed by atoms with E-state index in [1.165, 1.54) is 0 Å². The minimum atomic E-state index is -0.103. The van der Waals surface area contributed by atoms with Gasteiger partial charge in [0.25, 0.3) is 5.91 Å². The highest BCUT2D eigenvalue weighted by molar-refractivity contribution is 8.14. The molecule has 1 N–H and O–H groups in total. The fourth-order valence-electron chi connectivity index (χ4n) is 1.48. The van der Waals surface area contributed by atoms with Gasteiger partial charge < -0.3 is 10.2 Å². The normalized spacial score (nSPS) is 12.0. The van der Waals surface area contributed by atoms with Gasteiger partial charge in [-0.05, 0) is 26.0 Å². The number of likely N-dealkylation sites (N-methyl/N-ethyl adjacent to an activating group) is 1. The van der Waals surface area contributed by atoms with E-state index in [2.05, 4.69) is 21.9 Å². The third kappa shape index (κ3) is 5.73. The highest BCUT2D eigenvalue weighted by atomic mass is 32.2. The largest absolute Gasteiger partial charge is 0.391 e. The lowest BCUT2D eigenvalue weighted by atomic mass is 10.2. The van der Waals surface area contributed by atoms with Crippen LogP contribution in [-0.2, 0) is 4.79 Å². The van der Waals surface area contributed by atoms with Crippen LogP contribution in [0.2, 0.25) is 0 Å². The number of anilines is 1. The predicted molar refractivity (Wildman–Crippen MR) is 95.2 cm³/mol. The van der Waals surface area contributed by atoms with Crippen LogP contribution in [0.3, 0.4) is 0 Å². The van der Waals surface area contributed by atoms with Crippen molar-refractivity contribution < 1.29 is 4.79 Å². The Morgan fingerprint density at radius 2 is 2.27 bits per heavy atom. The SMILES string of the molecule is C=C(CS/C(C)=N/C=C(\C)C(=O)N(C)c1cccnc1)NC. The Bertz CT molecular complexity index is 581. The van der Waals surface area contributed by atoms with Crippen molar-refractivity contribution in [3.8, 4) is 0 Å². The molecule has 6 heteroatoms. The van der Waals surface area contributed by atoms with Crippen molar-refractivity contribution in [3.05, 3.63) is 48.6 Å². The molecule has 0 aromatic carbocycles. The molecule has 0 saturated carbocycles. The van der Waals surface area contributed by atoms with Crippen LogP contribution in [0, 0.1) is 0 Å². The van der Waals surface area contributed by atoms with Crippen LogP contribution in [-0.4, -0.2) is 35.8 Å². The molecule has 1 aromatic rings. The average molecular weight is 318 g/mol. The second-order valence-corrected chi connectivity index (χ2v) is 5.85. The van der Waals surface area contributed by atoms with E-state index in [1.54, 1.807) is 55.3 Å². The molecular weight excluding hydrogens is 296 g/mol. The third-order valence-corrected chi connectivity index (χ3v) is 3.94. The molecule has 5 nitrogen and oxygen atoms in total. The van der Waals surface area contributed by atoms with Crippen LogP contribution in [0.1, 0.15) is 13.8 Å². The summed E-state index contributed by atoms with van der Waals surface area (Å²) in [7, 11) is 3.56. The maximum absolute atomic E-state index is 12.3. The van der Waals surface area contributed by atoms with Gasteiger partial charge in [0.1, 0.15) is 0 Å². The van der Waals surface area contributed by atoms with E-state index in [1.807, 2.05) is 20.0 Å². The summed E-state index contributed by atoms with van der Waals surface area (Å²) in [5.41, 5.74) is 2.26. The fraction of sp³-hybridized carbons (Fsp3) is 0.312. The van der Waals surface area contributed by atoms with E-state index in [0.717, 1.165) is 22.2 Å². The van der Waals surface area contributed by atoms with Crippen molar-refractivity contribution in [1.29, 1.82) is 0 Å². The lowest BCUT2D eigenvalue weighted by molar-refractivity contribution is -0.114. The number of thioether (sulfide) groups is 1. The van der Waals surface area contributed by atoms with Gasteiger partial charge in [-0.2, -0.15) is 0 Å². The second kappa shape index (κ2) is 9.04. The molecule has 22 heavy (non-hydrogen) atoms. The van der Waals surface area contributed by atoms with Gasteiger partial charge in [-0.15, -0.1) is 11.8 Å². The van der Waals surface area contributed by atoms with E-state index >= 15 is 0 Å². The number of nitrogens with one attached hydrogen (secondary N) is 1. The number of pyridine rings is 1. The van der Waals surface area contributed by atoms with Crippen LogP contribution in [0.5, 0.6) is 0 Å². The molecule has 0 radical (unpaired) electrons. The van der Waals surface area contributed by atoms with Crippen molar-refractivity contribution in [2.24, 2.45) is 4.99 Å². The summed E-state index contributed by atoms with van der Waals surface area (Å²) in [6, 6.07) is 3.64. The van der Waals surface area contributed by atoms with Crippen LogP contribution >= 0.6 is 11.8 Å². The minimum Gasteiger partial charge on any atom is -0.391 e. The Hall–Kier alpha value is -2.08. The Morgan fingerprint density at radius 1 is 1.55 bits per heavy atom. The summed E-state index contributed by atoms with van der Waals surface area (Å²) in [6.45, 7) is 7.52. The average Bonchev–Trinajstić information content (AvgIpc) is 2.56. The van der Waals surface area contributed by atoms with Gasteiger partial charge in [0, 0.05) is 43.5 Å². The van der Waals surface area contributed by atoms with Crippen molar-refractivity contribution >= 4 is 28.4 Å². The molecule has 1 amide bonds. The summed E-state index contributed by atoms with van der Waals surface area (Å²) < 4.78 is 0. The molecule has 0 aliphatic carbocycles. The zero-order valence-electron chi connectivity index (χ0n) is 13.5. The molecule has 0 aliphatic heterocycles. The second-order valence-electron chi connectivity index (χ2n) is 4.68. The van der Waals surface area contributed by atoms with E-state index in [-0.39, 0.29) is 5.91 Å². The van der Waals surface area contributed by atoms with Gasteiger partial charge in [-0.3, -0.25) is 14.8 Å². The van der Waals surface area contributed by atoms with Crippen molar-refractivity contribution in [2.45, 2.75) is 13.8 Å². The summed E-state index contributed by atoms with van der Waals surface area (Å²) >= 11 is 1.58. The van der Waals surface area contributed by atoms with Crippen LogP contribution in [0.4, 0.5) is 5.69 Å². The van der Waals surface area contributed by atoms with Gasteiger partial charge in [0.05, 0.1) is 16.9 Å². The van der Waals surface area contributed by atoms with Gasteiger partial charge >= 0.3 is 0 Å². The number of hydrogen-bond donors (Lipinski definition) is 1. The summed E-state index contributed by atoms with van der Waals surface area (Å²) in [4.78, 5) is 22.2. The quantitative estimate of drug-likeness (QED) is 0.498. The molecule has 0 bridgehead atoms. The summed E-state index contributed by atoms with van der Waals surface area (Å²) in [5, 5.41) is 3.87. The van der Waals surface area contributed by atoms with Gasteiger partial charge in [0.15, 0.2) is 0 Å². The first-order valence-electron chi connectivity index (χ1n) is 6.83. The monoisotopic (exact) mass is 318 g/mol. The van der Waals surface area contributed by atoms with E-state index < -0.39 is 0 Å². The lowest BCUT2D eigenvalue weighted by Crippen LogP contribution is -2.26. The molecule has 0 atom stereocenters. The van der Waals surface area contributed by atoms with Crippen molar-refractivity contribution in [3.63, 3.8) is 0 Å². The zero-order chi connectivity index (χ0) is 16.5. The third-order valence-electron chi connectivity index (χ3n) is 2.92. The lowest BCUT2D eigenvalue weighted by Gasteiger charge is -2.16. The number of hydrogen-bond acceptors (Lipinski definition) is 5. The topological polar surface area (TPSA) is 57.6 Å². The number of rotatable bonds is 6. The molecule has 1 rings (SSSR count). The maximum atomic E-state index is 12.3. The van der Waals surface area contributed by atoms with Crippen molar-refractivity contribution in [2.75, 3.05) is 24.7 Å². The number of aliphatic imine (C=N–C) groups is 1. The van der Waals surface area contributed by atoms with Crippen LogP contribution in [0.25, 0.3) is 0 Å². The minimum absolute atomic E-state index is 0.103. The molecule has 0 unspecified atom stereocenters. The number of aromatic nitrogens is 1. The number of carbonyl (C=O) groups excluding carboxylic acids is 1. The molecule has 118 valence electrons. The Morgan fingerprint density at radius 3 is 2.86 bits per heavy atom. The maximum Gasteiger partial charge on any atom is 0.255 e. The first-order valence-corrected chi connectivity index (χ1v) is 7.81. The zero-order valence-corrected chi connectivity index (χ0v) is 14.3. The molecule has 0 fully saturated rings. The molecule has 0 spiro atoms. The number of carbonyl (C=O) groups is 1. The molecule has 1 heterocycles. The molecule has 1 aromatic heterocycles. The number of amides is 1. The highest BCUT2D eigenvalue weighted by Crippen LogP contribution is 2.13. The highest BCUT2D eigenvalue weighted by Gasteiger charge is 2.12. The summed E-state index contributed by atoms with van der Waals surface area (Å²) in [5.74, 6) is 0.650. The molecule has 0 aliphatic rings. The number of nitrogens with zero attached hydrogens (tertiary/aromatic N) is 3. The first kappa shape index (κ1) is 18.0. The van der Waals surface area contributed by atoms with Crippen LogP contribution in [0.15, 0.2) is 53.6 Å². The fourth-order valence-corrected chi connectivity index (χ4v) is 2.13. The predicted octanol–water partition coefficient (Wildman–Crippen LogP) is 2.83. The smallest absolute Gasteiger partial charge is 0.255 e. The van der Waals surface area contributed by atoms with E-state index in [0.29, 0.717) is 5.57 Å². The standard InChI is InChI=1S/C16H22N4OS/c1-12(9-19-14(3)22-11-13(2)17-4)16(21)20(5)15-7-6-8-18-10-15/h6-10,17H,2,11H2,1,3-5H3/b12-9+,19-14+. The van der Waals surface area contributed by atoms with Gasteiger partial charge in [0.2, 0.25) is 0 Å². The van der Waals surface area contributed by atoms with Crippen LogP contribution < -0.4 is 10.2 Å². The van der Waals surface area contributed by atoms with E-state index in [9.17, 15) is 4.79 Å². The Balaban J connectivity index is 2.67. The molecule has 0 saturated heterocycles. The van der Waals surface area contributed by atoms with Gasteiger partial charge in [-0.25, -0.2) is 0 Å². The Kier molecular flexibility index (Phi) is 7.39. The first-order chi connectivity index (χ1) is 10.5. The summed E-state index contributed by atoms with van der Waals surface area (Å²) in [6.07, 6.45) is 4.92.